The van der Waals surface area contributed by atoms with E-state index < -0.39 is 17.7 Å². The number of Topliss-reactive ketones (excluding diaryl/α,β-unsaturated/α-hetero) is 1. The van der Waals surface area contributed by atoms with Gasteiger partial charge in [0.1, 0.15) is 18.1 Å². The molecule has 0 unspecified atom stereocenters. The number of aliphatic hydroxyl groups excluding tert-OH is 1. The number of hydrogen-bond acceptors (Lipinski definition) is 5. The molecular formula is C30H31ClN2O4. The first kappa shape index (κ1) is 26.5. The van der Waals surface area contributed by atoms with E-state index in [1.54, 1.807) is 42.5 Å². The number of halogens is 1. The van der Waals surface area contributed by atoms with Gasteiger partial charge in [-0.2, -0.15) is 0 Å². The van der Waals surface area contributed by atoms with Gasteiger partial charge in [-0.15, -0.1) is 0 Å². The summed E-state index contributed by atoms with van der Waals surface area (Å²) in [5, 5.41) is 11.8. The Morgan fingerprint density at radius 2 is 1.76 bits per heavy atom. The molecule has 7 heteroatoms. The predicted octanol–water partition coefficient (Wildman–Crippen LogP) is 5.60. The van der Waals surface area contributed by atoms with Crippen molar-refractivity contribution in [3.8, 4) is 5.75 Å². The topological polar surface area (TPSA) is 70.1 Å². The number of hydrogen-bond donors (Lipinski definition) is 1. The SMILES string of the molecule is Cc1cccc(COc2ccc(/C(O)=C3\C(=O)C(=O)N(CCCN(C)C)[C@@H]3c3cccc(Cl)c3)cc2)c1. The average Bonchev–Trinajstić information content (AvgIpc) is 3.12. The summed E-state index contributed by atoms with van der Waals surface area (Å²) >= 11 is 6.25. The third-order valence-corrected chi connectivity index (χ3v) is 6.56. The minimum absolute atomic E-state index is 0.0607. The van der Waals surface area contributed by atoms with Crippen LogP contribution in [-0.4, -0.2) is 53.8 Å². The van der Waals surface area contributed by atoms with Crippen LogP contribution in [0.5, 0.6) is 5.75 Å². The number of aliphatic hydroxyl groups is 1. The molecule has 0 aromatic heterocycles. The zero-order valence-electron chi connectivity index (χ0n) is 21.3. The first-order valence-electron chi connectivity index (χ1n) is 12.2. The molecule has 1 fully saturated rings. The van der Waals surface area contributed by atoms with Gasteiger partial charge in [0, 0.05) is 17.1 Å². The van der Waals surface area contributed by atoms with Gasteiger partial charge in [-0.1, -0.05) is 53.6 Å². The number of amides is 1. The van der Waals surface area contributed by atoms with E-state index in [0.717, 1.165) is 17.7 Å². The quantitative estimate of drug-likeness (QED) is 0.227. The number of likely N-dealkylation sites (tertiary alicyclic amines) is 1. The summed E-state index contributed by atoms with van der Waals surface area (Å²) in [5.74, 6) is -0.909. The van der Waals surface area contributed by atoms with Crippen molar-refractivity contribution in [2.75, 3.05) is 27.2 Å². The fraction of sp³-hybridized carbons (Fsp3) is 0.267. The Morgan fingerprint density at radius 1 is 1.03 bits per heavy atom. The Labute approximate surface area is 222 Å². The summed E-state index contributed by atoms with van der Waals surface area (Å²) in [7, 11) is 3.91. The Hall–Kier alpha value is -3.61. The van der Waals surface area contributed by atoms with Gasteiger partial charge >= 0.3 is 0 Å². The smallest absolute Gasteiger partial charge is 0.295 e. The molecule has 1 aliphatic heterocycles. The van der Waals surface area contributed by atoms with Crippen LogP contribution in [0.2, 0.25) is 5.02 Å². The van der Waals surface area contributed by atoms with E-state index in [1.165, 1.54) is 4.90 Å². The van der Waals surface area contributed by atoms with Crippen molar-refractivity contribution >= 4 is 29.1 Å². The van der Waals surface area contributed by atoms with Crippen LogP contribution in [-0.2, 0) is 16.2 Å². The number of ether oxygens (including phenoxy) is 1. The summed E-state index contributed by atoms with van der Waals surface area (Å²) in [6.45, 7) is 3.58. The predicted molar refractivity (Wildman–Crippen MR) is 146 cm³/mol. The number of carbonyl (C=O) groups is 2. The summed E-state index contributed by atoms with van der Waals surface area (Å²) < 4.78 is 5.88. The monoisotopic (exact) mass is 518 g/mol. The number of rotatable bonds is 9. The molecule has 0 spiro atoms. The molecule has 1 aliphatic rings. The maximum absolute atomic E-state index is 13.2. The van der Waals surface area contributed by atoms with E-state index in [9.17, 15) is 14.7 Å². The van der Waals surface area contributed by atoms with Gasteiger partial charge in [0.25, 0.3) is 11.7 Å². The minimum Gasteiger partial charge on any atom is -0.507 e. The molecule has 0 radical (unpaired) electrons. The molecule has 4 rings (SSSR count). The summed E-state index contributed by atoms with van der Waals surface area (Å²) in [4.78, 5) is 29.8. The number of benzene rings is 3. The van der Waals surface area contributed by atoms with E-state index in [1.807, 2.05) is 50.2 Å². The van der Waals surface area contributed by atoms with Gasteiger partial charge in [-0.05, 0) is 81.5 Å². The normalized spacial score (nSPS) is 17.0. The second-order valence-corrected chi connectivity index (χ2v) is 9.94. The van der Waals surface area contributed by atoms with E-state index >= 15 is 0 Å². The van der Waals surface area contributed by atoms with Gasteiger partial charge in [-0.25, -0.2) is 0 Å². The second kappa shape index (κ2) is 11.6. The van der Waals surface area contributed by atoms with Crippen LogP contribution in [0.25, 0.3) is 5.76 Å². The van der Waals surface area contributed by atoms with Crippen LogP contribution in [0.1, 0.15) is 34.7 Å². The minimum atomic E-state index is -0.724. The third-order valence-electron chi connectivity index (χ3n) is 6.32. The van der Waals surface area contributed by atoms with Crippen molar-refractivity contribution < 1.29 is 19.4 Å². The van der Waals surface area contributed by atoms with Gasteiger partial charge in [-0.3, -0.25) is 9.59 Å². The van der Waals surface area contributed by atoms with Crippen molar-refractivity contribution in [1.29, 1.82) is 0 Å². The number of nitrogens with zero attached hydrogens (tertiary/aromatic N) is 2. The van der Waals surface area contributed by atoms with Crippen molar-refractivity contribution in [2.24, 2.45) is 0 Å². The van der Waals surface area contributed by atoms with Crippen molar-refractivity contribution in [2.45, 2.75) is 26.0 Å². The molecule has 3 aromatic rings. The standard InChI is InChI=1S/C30H31ClN2O4/c1-20-7-4-8-21(17-20)19-37-25-13-11-22(12-14-25)28(34)26-27(23-9-5-10-24(31)18-23)33(30(36)29(26)35)16-6-15-32(2)3/h4-5,7-14,17-18,27,34H,6,15-16,19H2,1-3H3/b28-26+/t27-/m1/s1. The van der Waals surface area contributed by atoms with E-state index in [2.05, 4.69) is 6.07 Å². The summed E-state index contributed by atoms with van der Waals surface area (Å²) in [6, 6.07) is 21.3. The Balaban J connectivity index is 1.63. The van der Waals surface area contributed by atoms with Crippen LogP contribution >= 0.6 is 11.6 Å². The molecule has 1 amide bonds. The molecule has 0 saturated carbocycles. The highest BCUT2D eigenvalue weighted by Gasteiger charge is 2.45. The lowest BCUT2D eigenvalue weighted by Crippen LogP contribution is -2.32. The zero-order chi connectivity index (χ0) is 26.5. The molecule has 3 aromatic carbocycles. The van der Waals surface area contributed by atoms with Crippen LogP contribution in [0.15, 0.2) is 78.4 Å². The van der Waals surface area contributed by atoms with Gasteiger partial charge < -0.3 is 19.6 Å². The highest BCUT2D eigenvalue weighted by molar-refractivity contribution is 6.46. The lowest BCUT2D eigenvalue weighted by Gasteiger charge is -2.26. The highest BCUT2D eigenvalue weighted by Crippen LogP contribution is 2.40. The Bertz CT molecular complexity index is 1320. The third kappa shape index (κ3) is 6.21. The first-order chi connectivity index (χ1) is 17.7. The second-order valence-electron chi connectivity index (χ2n) is 9.51. The summed E-state index contributed by atoms with van der Waals surface area (Å²) in [5.41, 5.74) is 3.39. The molecule has 1 N–H and O–H groups in total. The lowest BCUT2D eigenvalue weighted by molar-refractivity contribution is -0.139. The average molecular weight is 519 g/mol. The molecule has 0 bridgehead atoms. The molecule has 0 aliphatic carbocycles. The molecular weight excluding hydrogens is 488 g/mol. The van der Waals surface area contributed by atoms with E-state index in [-0.39, 0.29) is 11.3 Å². The van der Waals surface area contributed by atoms with Gasteiger partial charge in [0.15, 0.2) is 0 Å². The molecule has 1 saturated heterocycles. The van der Waals surface area contributed by atoms with Crippen LogP contribution in [0, 0.1) is 6.92 Å². The zero-order valence-corrected chi connectivity index (χ0v) is 22.0. The number of aryl methyl sites for hydroxylation is 1. The highest BCUT2D eigenvalue weighted by atomic mass is 35.5. The van der Waals surface area contributed by atoms with Crippen molar-refractivity contribution in [3.05, 3.63) is 106 Å². The largest absolute Gasteiger partial charge is 0.507 e. The Morgan fingerprint density at radius 3 is 2.43 bits per heavy atom. The maximum atomic E-state index is 13.2. The maximum Gasteiger partial charge on any atom is 0.295 e. The molecule has 6 nitrogen and oxygen atoms in total. The number of carbonyl (C=O) groups excluding carboxylic acids is 2. The molecule has 37 heavy (non-hydrogen) atoms. The molecule has 1 atom stereocenters. The van der Waals surface area contributed by atoms with E-state index in [0.29, 0.717) is 41.5 Å². The summed E-state index contributed by atoms with van der Waals surface area (Å²) in [6.07, 6.45) is 0.685. The fourth-order valence-corrected chi connectivity index (χ4v) is 4.72. The molecule has 192 valence electrons. The van der Waals surface area contributed by atoms with E-state index in [4.69, 9.17) is 16.3 Å². The van der Waals surface area contributed by atoms with Crippen molar-refractivity contribution in [3.63, 3.8) is 0 Å². The molecule has 1 heterocycles. The number of ketones is 1. The fourth-order valence-electron chi connectivity index (χ4n) is 4.52. The van der Waals surface area contributed by atoms with Crippen LogP contribution < -0.4 is 4.74 Å². The Kier molecular flexibility index (Phi) is 8.31. The van der Waals surface area contributed by atoms with Gasteiger partial charge in [0.05, 0.1) is 11.6 Å². The van der Waals surface area contributed by atoms with Gasteiger partial charge in [0.2, 0.25) is 0 Å². The van der Waals surface area contributed by atoms with Crippen LogP contribution in [0.3, 0.4) is 0 Å². The first-order valence-corrected chi connectivity index (χ1v) is 12.6. The van der Waals surface area contributed by atoms with Crippen molar-refractivity contribution in [1.82, 2.24) is 9.80 Å². The van der Waals surface area contributed by atoms with Crippen LogP contribution in [0.4, 0.5) is 0 Å². The lowest BCUT2D eigenvalue weighted by atomic mass is 9.95.